The molecule has 0 radical (unpaired) electrons. The Morgan fingerprint density at radius 2 is 0.853 bits per heavy atom. The van der Waals surface area contributed by atoms with Crippen LogP contribution >= 0.6 is 0 Å². The highest BCUT2D eigenvalue weighted by Gasteiger charge is 2.07. The number of unbranched alkanes of at least 4 members (excludes halogenated alkanes) is 22. The highest BCUT2D eigenvalue weighted by atomic mass is 32.2. The zero-order chi connectivity index (χ0) is 25.2. The highest BCUT2D eigenvalue weighted by Crippen LogP contribution is 2.15. The van der Waals surface area contributed by atoms with Crippen molar-refractivity contribution in [2.24, 2.45) is 0 Å². The molecule has 0 fully saturated rings. The summed E-state index contributed by atoms with van der Waals surface area (Å²) in [6, 6.07) is 0. The lowest BCUT2D eigenvalue weighted by molar-refractivity contribution is -0.143. The van der Waals surface area contributed by atoms with Crippen molar-refractivity contribution >= 4 is 16.1 Å². The lowest BCUT2D eigenvalue weighted by Crippen LogP contribution is -2.14. The van der Waals surface area contributed by atoms with Gasteiger partial charge in [0.1, 0.15) is 12.4 Å². The smallest absolute Gasteiger partial charge is 0.305 e. The van der Waals surface area contributed by atoms with Crippen LogP contribution in [-0.4, -0.2) is 31.3 Å². The second kappa shape index (κ2) is 25.5. The molecule has 0 rings (SSSR count). The van der Waals surface area contributed by atoms with Crippen molar-refractivity contribution in [3.05, 3.63) is 0 Å². The van der Waals surface area contributed by atoms with Gasteiger partial charge in [-0.2, -0.15) is 8.42 Å². The summed E-state index contributed by atoms with van der Waals surface area (Å²) in [4.78, 5) is 11.4. The van der Waals surface area contributed by atoms with E-state index in [1.165, 1.54) is 128 Å². The van der Waals surface area contributed by atoms with Crippen molar-refractivity contribution in [3.8, 4) is 0 Å². The summed E-state index contributed by atoms with van der Waals surface area (Å²) in [7, 11) is -4.05. The van der Waals surface area contributed by atoms with Gasteiger partial charge >= 0.3 is 5.97 Å². The Labute approximate surface area is 211 Å². The zero-order valence-electron chi connectivity index (χ0n) is 22.4. The van der Waals surface area contributed by atoms with Gasteiger partial charge in [0.05, 0.1) is 0 Å². The first-order valence-corrected chi connectivity index (χ1v) is 16.2. The number of carbonyl (C=O) groups is 1. The molecule has 0 heterocycles. The standard InChI is InChI=1S/C28H56O5S/c1-2-3-4-5-6-7-8-9-10-11-12-13-14-15-16-17-18-19-20-21-22-23-24-25-28(29)33-26-27-34(30,31)32/h2-27H2,1H3,(H,30,31,32). The summed E-state index contributed by atoms with van der Waals surface area (Å²) in [6.07, 6.45) is 31.1. The van der Waals surface area contributed by atoms with E-state index in [-0.39, 0.29) is 12.6 Å². The van der Waals surface area contributed by atoms with Crippen molar-refractivity contribution < 1.29 is 22.5 Å². The first-order chi connectivity index (χ1) is 16.5. The number of ether oxygens (including phenoxy) is 1. The van der Waals surface area contributed by atoms with Gasteiger partial charge in [-0.3, -0.25) is 9.35 Å². The van der Waals surface area contributed by atoms with E-state index in [2.05, 4.69) is 6.92 Å². The van der Waals surface area contributed by atoms with E-state index in [0.29, 0.717) is 6.42 Å². The van der Waals surface area contributed by atoms with Crippen molar-refractivity contribution in [3.63, 3.8) is 0 Å². The van der Waals surface area contributed by atoms with Gasteiger partial charge in [0.2, 0.25) is 0 Å². The number of rotatable bonds is 27. The van der Waals surface area contributed by atoms with E-state index in [4.69, 9.17) is 9.29 Å². The molecule has 0 unspecified atom stereocenters. The molecule has 0 amide bonds. The van der Waals surface area contributed by atoms with Gasteiger partial charge < -0.3 is 4.74 Å². The molecule has 5 nitrogen and oxygen atoms in total. The van der Waals surface area contributed by atoms with E-state index >= 15 is 0 Å². The summed E-state index contributed by atoms with van der Waals surface area (Å²) in [6.45, 7) is 2.02. The Balaban J connectivity index is 3.13. The molecule has 0 saturated carbocycles. The van der Waals surface area contributed by atoms with E-state index in [1.54, 1.807) is 0 Å². The fraction of sp³-hybridized carbons (Fsp3) is 0.964. The Morgan fingerprint density at radius 1 is 0.559 bits per heavy atom. The van der Waals surface area contributed by atoms with Gasteiger partial charge in [0, 0.05) is 6.42 Å². The van der Waals surface area contributed by atoms with Crippen molar-refractivity contribution in [1.82, 2.24) is 0 Å². The van der Waals surface area contributed by atoms with Crippen LogP contribution in [0, 0.1) is 0 Å². The molecule has 0 aliphatic rings. The number of carbonyl (C=O) groups excluding carboxylic acids is 1. The molecule has 0 spiro atoms. The van der Waals surface area contributed by atoms with Crippen molar-refractivity contribution in [2.75, 3.05) is 12.4 Å². The Kier molecular flexibility index (Phi) is 25.0. The summed E-state index contributed by atoms with van der Waals surface area (Å²) < 4.78 is 34.5. The lowest BCUT2D eigenvalue weighted by atomic mass is 10.0. The molecule has 0 bridgehead atoms. The highest BCUT2D eigenvalue weighted by molar-refractivity contribution is 7.85. The normalized spacial score (nSPS) is 11.7. The summed E-state index contributed by atoms with van der Waals surface area (Å²) in [5, 5.41) is 0. The van der Waals surface area contributed by atoms with Crippen LogP contribution in [0.2, 0.25) is 0 Å². The van der Waals surface area contributed by atoms with E-state index in [1.807, 2.05) is 0 Å². The third-order valence-corrected chi connectivity index (χ3v) is 7.27. The van der Waals surface area contributed by atoms with Crippen LogP contribution in [-0.2, 0) is 19.6 Å². The lowest BCUT2D eigenvalue weighted by Gasteiger charge is -2.05. The van der Waals surface area contributed by atoms with E-state index in [9.17, 15) is 13.2 Å². The molecule has 0 aromatic rings. The van der Waals surface area contributed by atoms with Crippen LogP contribution in [0.15, 0.2) is 0 Å². The maximum absolute atomic E-state index is 11.4. The largest absolute Gasteiger partial charge is 0.464 e. The van der Waals surface area contributed by atoms with Crippen molar-refractivity contribution in [1.29, 1.82) is 0 Å². The topological polar surface area (TPSA) is 80.7 Å². The van der Waals surface area contributed by atoms with E-state index in [0.717, 1.165) is 19.3 Å². The SMILES string of the molecule is CCCCCCCCCCCCCCCCCCCCCCCCCC(=O)OCCS(=O)(=O)O. The minimum Gasteiger partial charge on any atom is -0.464 e. The molecule has 34 heavy (non-hydrogen) atoms. The Hall–Kier alpha value is -0.620. The first kappa shape index (κ1) is 33.4. The Morgan fingerprint density at radius 3 is 1.15 bits per heavy atom. The fourth-order valence-corrected chi connectivity index (χ4v) is 4.68. The van der Waals surface area contributed by atoms with Crippen LogP contribution in [0.4, 0.5) is 0 Å². The van der Waals surface area contributed by atoms with Gasteiger partial charge in [0.25, 0.3) is 10.1 Å². The quantitative estimate of drug-likeness (QED) is 0.0686. The predicted octanol–water partition coefficient (Wildman–Crippen LogP) is 8.80. The molecule has 0 aromatic carbocycles. The first-order valence-electron chi connectivity index (χ1n) is 14.6. The van der Waals surface area contributed by atoms with Crippen LogP contribution in [0.1, 0.15) is 161 Å². The predicted molar refractivity (Wildman–Crippen MR) is 144 cm³/mol. The molecular formula is C28H56O5S. The van der Waals surface area contributed by atoms with Gasteiger partial charge in [0.15, 0.2) is 0 Å². The molecule has 0 saturated heterocycles. The van der Waals surface area contributed by atoms with Crippen LogP contribution in [0.25, 0.3) is 0 Å². The minimum atomic E-state index is -4.05. The third kappa shape index (κ3) is 29.4. The summed E-state index contributed by atoms with van der Waals surface area (Å²) >= 11 is 0. The molecule has 204 valence electrons. The van der Waals surface area contributed by atoms with Gasteiger partial charge in [-0.05, 0) is 6.42 Å². The summed E-state index contributed by atoms with van der Waals surface area (Å²) in [5.74, 6) is -0.912. The van der Waals surface area contributed by atoms with Gasteiger partial charge in [-0.25, -0.2) is 0 Å². The van der Waals surface area contributed by atoms with Gasteiger partial charge in [-0.1, -0.05) is 148 Å². The third-order valence-electron chi connectivity index (χ3n) is 6.59. The fourth-order valence-electron chi connectivity index (χ4n) is 4.39. The number of hydrogen-bond acceptors (Lipinski definition) is 4. The molecule has 1 N–H and O–H groups in total. The maximum atomic E-state index is 11.4. The average molecular weight is 505 g/mol. The van der Waals surface area contributed by atoms with E-state index < -0.39 is 15.9 Å². The van der Waals surface area contributed by atoms with Crippen LogP contribution in [0.5, 0.6) is 0 Å². The monoisotopic (exact) mass is 504 g/mol. The maximum Gasteiger partial charge on any atom is 0.305 e. The second-order valence-electron chi connectivity index (χ2n) is 10.0. The molecule has 0 aliphatic carbocycles. The van der Waals surface area contributed by atoms with Crippen molar-refractivity contribution in [2.45, 2.75) is 161 Å². The summed E-state index contributed by atoms with van der Waals surface area (Å²) in [5.41, 5.74) is 0. The van der Waals surface area contributed by atoms with Gasteiger partial charge in [-0.15, -0.1) is 0 Å². The molecular weight excluding hydrogens is 448 g/mol. The Bertz CT molecular complexity index is 533. The van der Waals surface area contributed by atoms with Crippen LogP contribution < -0.4 is 0 Å². The molecule has 0 aliphatic heterocycles. The zero-order valence-corrected chi connectivity index (χ0v) is 23.2. The minimum absolute atomic E-state index is 0.267. The average Bonchev–Trinajstić information content (AvgIpc) is 2.78. The van der Waals surface area contributed by atoms with Crippen LogP contribution in [0.3, 0.4) is 0 Å². The number of esters is 1. The molecule has 0 atom stereocenters. The molecule has 0 aromatic heterocycles. The molecule has 6 heteroatoms. The second-order valence-corrected chi connectivity index (χ2v) is 11.6. The number of hydrogen-bond donors (Lipinski definition) is 1.